The van der Waals surface area contributed by atoms with Crippen LogP contribution in [-0.4, -0.2) is 19.6 Å². The van der Waals surface area contributed by atoms with Crippen molar-refractivity contribution in [2.45, 2.75) is 19.8 Å². The Balaban J connectivity index is 1.92. The van der Waals surface area contributed by atoms with Crippen molar-refractivity contribution in [1.82, 2.24) is 0 Å². The van der Waals surface area contributed by atoms with Gasteiger partial charge in [-0.1, -0.05) is 55.3 Å². The Labute approximate surface area is 132 Å². The Hall–Kier alpha value is -1.67. The van der Waals surface area contributed by atoms with Crippen molar-refractivity contribution in [3.05, 3.63) is 59.6 Å². The van der Waals surface area contributed by atoms with E-state index in [1.165, 1.54) is 18.5 Å². The third-order valence-corrected chi connectivity index (χ3v) is 3.80. The van der Waals surface area contributed by atoms with Gasteiger partial charge in [0.05, 0.1) is 10.7 Å². The van der Waals surface area contributed by atoms with E-state index in [1.807, 2.05) is 24.3 Å². The Morgan fingerprint density at radius 3 is 2.38 bits per heavy atom. The molecule has 0 bridgehead atoms. The number of halogens is 1. The third-order valence-electron chi connectivity index (χ3n) is 3.47. The highest BCUT2D eigenvalue weighted by Crippen LogP contribution is 2.20. The number of rotatable bonds is 8. The van der Waals surface area contributed by atoms with Crippen molar-refractivity contribution in [3.8, 4) is 0 Å². The van der Waals surface area contributed by atoms with E-state index in [1.54, 1.807) is 0 Å². The Kier molecular flexibility index (Phi) is 6.42. The molecule has 2 aromatic carbocycles. The quantitative estimate of drug-likeness (QED) is 0.733. The average molecular weight is 303 g/mol. The summed E-state index contributed by atoms with van der Waals surface area (Å²) >= 11 is 6.16. The number of nitrogens with zero attached hydrogens (tertiary/aromatic N) is 1. The van der Waals surface area contributed by atoms with Gasteiger partial charge in [0.25, 0.3) is 0 Å². The molecule has 0 fully saturated rings. The Morgan fingerprint density at radius 1 is 0.952 bits per heavy atom. The van der Waals surface area contributed by atoms with Gasteiger partial charge >= 0.3 is 0 Å². The van der Waals surface area contributed by atoms with Gasteiger partial charge in [-0.05, 0) is 30.7 Å². The molecule has 0 aliphatic rings. The van der Waals surface area contributed by atoms with Crippen LogP contribution in [0.25, 0.3) is 0 Å². The first-order valence-corrected chi connectivity index (χ1v) is 7.97. The van der Waals surface area contributed by atoms with Crippen LogP contribution in [0.3, 0.4) is 0 Å². The topological polar surface area (TPSA) is 15.3 Å². The van der Waals surface area contributed by atoms with Crippen LogP contribution in [0.1, 0.15) is 19.8 Å². The van der Waals surface area contributed by atoms with Crippen LogP contribution < -0.4 is 10.2 Å². The predicted molar refractivity (Wildman–Crippen MR) is 93.5 cm³/mol. The van der Waals surface area contributed by atoms with Crippen molar-refractivity contribution in [2.75, 3.05) is 29.9 Å². The highest BCUT2D eigenvalue weighted by Gasteiger charge is 2.05. The molecule has 0 aromatic heterocycles. The molecule has 0 atom stereocenters. The summed E-state index contributed by atoms with van der Waals surface area (Å²) < 4.78 is 0. The zero-order valence-electron chi connectivity index (χ0n) is 12.6. The summed E-state index contributed by atoms with van der Waals surface area (Å²) in [5.41, 5.74) is 2.29. The summed E-state index contributed by atoms with van der Waals surface area (Å²) in [4.78, 5) is 2.42. The van der Waals surface area contributed by atoms with Gasteiger partial charge in [-0.2, -0.15) is 0 Å². The molecule has 0 aliphatic heterocycles. The largest absolute Gasteiger partial charge is 0.382 e. The van der Waals surface area contributed by atoms with Crippen LogP contribution in [0, 0.1) is 0 Å². The van der Waals surface area contributed by atoms with Crippen LogP contribution in [-0.2, 0) is 0 Å². The molecule has 0 radical (unpaired) electrons. The van der Waals surface area contributed by atoms with Crippen LogP contribution in [0.15, 0.2) is 54.6 Å². The van der Waals surface area contributed by atoms with Gasteiger partial charge in [0.2, 0.25) is 0 Å². The lowest BCUT2D eigenvalue weighted by atomic mass is 10.2. The van der Waals surface area contributed by atoms with Crippen LogP contribution >= 0.6 is 11.6 Å². The molecule has 0 saturated heterocycles. The minimum Gasteiger partial charge on any atom is -0.382 e. The summed E-state index contributed by atoms with van der Waals surface area (Å²) in [7, 11) is 0. The summed E-state index contributed by atoms with van der Waals surface area (Å²) in [6.45, 7) is 5.16. The molecule has 2 rings (SSSR count). The van der Waals surface area contributed by atoms with E-state index in [-0.39, 0.29) is 0 Å². The molecular formula is C18H23ClN2. The third kappa shape index (κ3) is 4.98. The second-order valence-corrected chi connectivity index (χ2v) is 5.49. The Morgan fingerprint density at radius 2 is 1.67 bits per heavy atom. The molecule has 0 heterocycles. The lowest BCUT2D eigenvalue weighted by molar-refractivity contribution is 0.722. The smallest absolute Gasteiger partial charge is 0.0637 e. The van der Waals surface area contributed by atoms with Gasteiger partial charge < -0.3 is 10.2 Å². The summed E-state index contributed by atoms with van der Waals surface area (Å²) in [5.74, 6) is 0. The van der Waals surface area contributed by atoms with E-state index in [4.69, 9.17) is 11.6 Å². The maximum atomic E-state index is 6.16. The van der Waals surface area contributed by atoms with E-state index in [9.17, 15) is 0 Å². The molecule has 0 unspecified atom stereocenters. The normalized spacial score (nSPS) is 10.4. The predicted octanol–water partition coefficient (Wildman–Crippen LogP) is 5.06. The average Bonchev–Trinajstić information content (AvgIpc) is 2.53. The monoisotopic (exact) mass is 302 g/mol. The summed E-state index contributed by atoms with van der Waals surface area (Å²) in [6, 6.07) is 18.5. The first-order chi connectivity index (χ1) is 10.3. The fourth-order valence-corrected chi connectivity index (χ4v) is 2.49. The van der Waals surface area contributed by atoms with Crippen molar-refractivity contribution >= 4 is 23.0 Å². The number of nitrogens with one attached hydrogen (secondary N) is 1. The van der Waals surface area contributed by atoms with Crippen molar-refractivity contribution < 1.29 is 0 Å². The van der Waals surface area contributed by atoms with E-state index in [0.717, 1.165) is 30.3 Å². The van der Waals surface area contributed by atoms with Gasteiger partial charge in [0.1, 0.15) is 0 Å². The molecular weight excluding hydrogens is 280 g/mol. The number of unbranched alkanes of at least 4 members (excludes halogenated alkanes) is 1. The fraction of sp³-hybridized carbons (Fsp3) is 0.333. The minimum atomic E-state index is 0.775. The molecule has 0 amide bonds. The summed E-state index contributed by atoms with van der Waals surface area (Å²) in [5, 5.41) is 4.19. The first kappa shape index (κ1) is 15.7. The number of benzene rings is 2. The van der Waals surface area contributed by atoms with E-state index in [0.29, 0.717) is 0 Å². The minimum absolute atomic E-state index is 0.775. The van der Waals surface area contributed by atoms with Gasteiger partial charge in [-0.3, -0.25) is 0 Å². The van der Waals surface area contributed by atoms with Crippen LogP contribution in [0.5, 0.6) is 0 Å². The van der Waals surface area contributed by atoms with Crippen LogP contribution in [0.4, 0.5) is 11.4 Å². The van der Waals surface area contributed by atoms with Gasteiger partial charge in [-0.25, -0.2) is 0 Å². The zero-order valence-corrected chi connectivity index (χ0v) is 13.3. The van der Waals surface area contributed by atoms with Crippen molar-refractivity contribution in [2.24, 2.45) is 0 Å². The highest BCUT2D eigenvalue weighted by atomic mass is 35.5. The molecule has 2 nitrogen and oxygen atoms in total. The maximum Gasteiger partial charge on any atom is 0.0637 e. The van der Waals surface area contributed by atoms with Crippen molar-refractivity contribution in [1.29, 1.82) is 0 Å². The zero-order chi connectivity index (χ0) is 14.9. The molecule has 0 spiro atoms. The molecule has 0 aliphatic carbocycles. The molecule has 112 valence electrons. The number of hydrogen-bond acceptors (Lipinski definition) is 2. The number of hydrogen-bond donors (Lipinski definition) is 1. The van der Waals surface area contributed by atoms with Crippen molar-refractivity contribution in [3.63, 3.8) is 0 Å². The first-order valence-electron chi connectivity index (χ1n) is 7.59. The highest BCUT2D eigenvalue weighted by molar-refractivity contribution is 6.33. The maximum absolute atomic E-state index is 6.16. The SMILES string of the molecule is CCCCN(CCNc1ccccc1Cl)c1ccccc1. The molecule has 0 saturated carbocycles. The van der Waals surface area contributed by atoms with Gasteiger partial charge in [-0.15, -0.1) is 0 Å². The lowest BCUT2D eigenvalue weighted by Crippen LogP contribution is -2.30. The second kappa shape index (κ2) is 8.58. The summed E-state index contributed by atoms with van der Waals surface area (Å²) in [6.07, 6.45) is 2.42. The fourth-order valence-electron chi connectivity index (χ4n) is 2.29. The van der Waals surface area contributed by atoms with E-state index in [2.05, 4.69) is 47.5 Å². The van der Waals surface area contributed by atoms with Gasteiger partial charge in [0.15, 0.2) is 0 Å². The number of para-hydroxylation sites is 2. The van der Waals surface area contributed by atoms with Crippen LogP contribution in [0.2, 0.25) is 5.02 Å². The molecule has 1 N–H and O–H groups in total. The number of anilines is 2. The molecule has 21 heavy (non-hydrogen) atoms. The standard InChI is InChI=1S/C18H23ClN2/c1-2-3-14-21(16-9-5-4-6-10-16)15-13-20-18-12-8-7-11-17(18)19/h4-12,20H,2-3,13-15H2,1H3. The van der Waals surface area contributed by atoms with E-state index < -0.39 is 0 Å². The van der Waals surface area contributed by atoms with E-state index >= 15 is 0 Å². The molecule has 3 heteroatoms. The van der Waals surface area contributed by atoms with Gasteiger partial charge in [0, 0.05) is 25.3 Å². The second-order valence-electron chi connectivity index (χ2n) is 5.08. The molecule has 2 aromatic rings. The Bertz CT molecular complexity index is 528. The lowest BCUT2D eigenvalue weighted by Gasteiger charge is -2.25.